The zero-order valence-electron chi connectivity index (χ0n) is 19.9. The molecule has 9 heteroatoms. The van der Waals surface area contributed by atoms with Gasteiger partial charge in [0.25, 0.3) is 0 Å². The number of anilines is 1. The second-order valence-electron chi connectivity index (χ2n) is 8.35. The minimum Gasteiger partial charge on any atom is -0.382 e. The third kappa shape index (κ3) is 7.89. The summed E-state index contributed by atoms with van der Waals surface area (Å²) in [5, 5.41) is 17.5. The van der Waals surface area contributed by atoms with Gasteiger partial charge < -0.3 is 20.7 Å². The lowest BCUT2D eigenvalue weighted by molar-refractivity contribution is 0.115. The minimum atomic E-state index is 0. The molecule has 0 unspecified atom stereocenters. The van der Waals surface area contributed by atoms with Crippen LogP contribution in [0.2, 0.25) is 0 Å². The molecule has 0 saturated heterocycles. The van der Waals surface area contributed by atoms with Gasteiger partial charge in [-0.1, -0.05) is 17.7 Å². The Morgan fingerprint density at radius 3 is 2.73 bits per heavy atom. The number of likely N-dealkylation sites (N-methyl/N-ethyl adjacent to an activating group) is 1. The van der Waals surface area contributed by atoms with E-state index in [1.54, 1.807) is 4.68 Å². The van der Waals surface area contributed by atoms with Gasteiger partial charge in [-0.3, -0.25) is 4.99 Å². The van der Waals surface area contributed by atoms with Crippen molar-refractivity contribution < 1.29 is 4.74 Å². The fourth-order valence-corrected chi connectivity index (χ4v) is 3.40. The van der Waals surface area contributed by atoms with E-state index in [-0.39, 0.29) is 24.0 Å². The molecule has 1 aromatic heterocycles. The summed E-state index contributed by atoms with van der Waals surface area (Å²) >= 11 is 0. The van der Waals surface area contributed by atoms with Gasteiger partial charge in [0.15, 0.2) is 5.96 Å². The Kier molecular flexibility index (Phi) is 10.9. The van der Waals surface area contributed by atoms with Crippen LogP contribution in [-0.2, 0) is 11.2 Å². The van der Waals surface area contributed by atoms with Crippen molar-refractivity contribution in [1.29, 1.82) is 5.26 Å². The number of nitrogens with zero attached hydrogens (tertiary/aromatic N) is 5. The second kappa shape index (κ2) is 13.4. The number of nitrogens with two attached hydrogens (primary N) is 1. The molecule has 1 saturated carbocycles. The second-order valence-corrected chi connectivity index (χ2v) is 8.35. The molecule has 0 amide bonds. The molecule has 1 heterocycles. The number of aryl methyl sites for hydroxylation is 2. The van der Waals surface area contributed by atoms with Crippen LogP contribution >= 0.6 is 24.0 Å². The fraction of sp³-hybridized carbons (Fsp3) is 0.542. The van der Waals surface area contributed by atoms with Crippen LogP contribution in [0.15, 0.2) is 29.3 Å². The highest BCUT2D eigenvalue weighted by Gasteiger charge is 2.21. The first-order valence-corrected chi connectivity index (χ1v) is 11.4. The predicted octanol–water partition coefficient (Wildman–Crippen LogP) is 3.51. The van der Waals surface area contributed by atoms with Gasteiger partial charge in [-0.05, 0) is 57.6 Å². The van der Waals surface area contributed by atoms with Crippen molar-refractivity contribution in [3.63, 3.8) is 0 Å². The highest BCUT2D eigenvalue weighted by Crippen LogP contribution is 2.28. The average Bonchev–Trinajstić information content (AvgIpc) is 3.56. The number of nitrogen functional groups attached to an aromatic ring is 1. The number of benzene rings is 1. The number of hydrogen-bond acceptors (Lipinski definition) is 5. The number of nitrogens with one attached hydrogen (secondary N) is 1. The predicted molar refractivity (Wildman–Crippen MR) is 143 cm³/mol. The van der Waals surface area contributed by atoms with Gasteiger partial charge in [-0.25, -0.2) is 4.68 Å². The summed E-state index contributed by atoms with van der Waals surface area (Å²) < 4.78 is 7.39. The van der Waals surface area contributed by atoms with Crippen LogP contribution in [0.4, 0.5) is 5.82 Å². The summed E-state index contributed by atoms with van der Waals surface area (Å²) in [4.78, 5) is 6.83. The topological polar surface area (TPSA) is 104 Å². The maximum absolute atomic E-state index is 9.59. The normalized spacial score (nSPS) is 13.3. The largest absolute Gasteiger partial charge is 0.382 e. The first-order chi connectivity index (χ1) is 15.5. The van der Waals surface area contributed by atoms with E-state index in [0.29, 0.717) is 36.6 Å². The number of ether oxygens (including phenoxy) is 1. The molecule has 3 N–H and O–H groups in total. The van der Waals surface area contributed by atoms with Gasteiger partial charge >= 0.3 is 0 Å². The Hall–Kier alpha value is -2.32. The molecule has 1 aliphatic carbocycles. The average molecular weight is 566 g/mol. The van der Waals surface area contributed by atoms with Gasteiger partial charge in [0, 0.05) is 33.3 Å². The van der Waals surface area contributed by atoms with E-state index in [4.69, 9.17) is 15.5 Å². The summed E-state index contributed by atoms with van der Waals surface area (Å²) in [6, 6.07) is 10.1. The molecule has 1 aliphatic rings. The first-order valence-electron chi connectivity index (χ1n) is 11.4. The monoisotopic (exact) mass is 565 g/mol. The van der Waals surface area contributed by atoms with E-state index in [9.17, 15) is 5.26 Å². The van der Waals surface area contributed by atoms with Crippen LogP contribution in [0.3, 0.4) is 0 Å². The Morgan fingerprint density at radius 2 is 2.09 bits per heavy atom. The number of aromatic nitrogens is 2. The minimum absolute atomic E-state index is 0. The van der Waals surface area contributed by atoms with Crippen LogP contribution in [0.25, 0.3) is 5.69 Å². The zero-order chi connectivity index (χ0) is 22.9. The summed E-state index contributed by atoms with van der Waals surface area (Å²) in [6.07, 6.45) is 4.04. The number of rotatable bonds is 11. The molecule has 0 radical (unpaired) electrons. The molecule has 1 aromatic carbocycles. The van der Waals surface area contributed by atoms with E-state index in [2.05, 4.69) is 28.3 Å². The molecule has 0 bridgehead atoms. The summed E-state index contributed by atoms with van der Waals surface area (Å²) in [5.41, 5.74) is 9.40. The molecule has 0 atom stereocenters. The van der Waals surface area contributed by atoms with Crippen molar-refractivity contribution >= 4 is 35.8 Å². The Labute approximate surface area is 214 Å². The van der Waals surface area contributed by atoms with E-state index >= 15 is 0 Å². The molecule has 8 nitrogen and oxygen atoms in total. The molecule has 0 spiro atoms. The lowest BCUT2D eigenvalue weighted by Crippen LogP contribution is -2.40. The maximum Gasteiger partial charge on any atom is 0.193 e. The fourth-order valence-electron chi connectivity index (χ4n) is 3.40. The van der Waals surface area contributed by atoms with Crippen molar-refractivity contribution in [3.8, 4) is 11.8 Å². The number of aliphatic imine (C=N–C) groups is 1. The number of hydrogen-bond donors (Lipinski definition) is 2. The summed E-state index contributed by atoms with van der Waals surface area (Å²) in [5.74, 6) is 2.03. The van der Waals surface area contributed by atoms with E-state index in [0.717, 1.165) is 49.2 Å². The van der Waals surface area contributed by atoms with Crippen molar-refractivity contribution in [2.45, 2.75) is 39.5 Å². The van der Waals surface area contributed by atoms with Gasteiger partial charge in [-0.15, -0.1) is 24.0 Å². The highest BCUT2D eigenvalue weighted by molar-refractivity contribution is 14.0. The molecule has 180 valence electrons. The van der Waals surface area contributed by atoms with Crippen molar-refractivity contribution in [2.24, 2.45) is 10.9 Å². The Balaban J connectivity index is 0.00000385. The third-order valence-electron chi connectivity index (χ3n) is 5.54. The van der Waals surface area contributed by atoms with Crippen LogP contribution in [-0.4, -0.2) is 60.5 Å². The molecule has 2 aromatic rings. The lowest BCUT2D eigenvalue weighted by Gasteiger charge is -2.22. The van der Waals surface area contributed by atoms with Crippen molar-refractivity contribution in [3.05, 3.63) is 41.1 Å². The maximum atomic E-state index is 9.59. The van der Waals surface area contributed by atoms with E-state index in [1.807, 2.05) is 38.2 Å². The molecule has 0 aliphatic heterocycles. The third-order valence-corrected chi connectivity index (χ3v) is 5.54. The van der Waals surface area contributed by atoms with Gasteiger partial charge in [0.1, 0.15) is 17.5 Å². The molecular weight excluding hydrogens is 529 g/mol. The van der Waals surface area contributed by atoms with E-state index < -0.39 is 0 Å². The van der Waals surface area contributed by atoms with Crippen molar-refractivity contribution in [1.82, 2.24) is 20.0 Å². The quantitative estimate of drug-likeness (QED) is 0.187. The number of guanidine groups is 1. The molecule has 1 fully saturated rings. The molecule has 3 rings (SSSR count). The summed E-state index contributed by atoms with van der Waals surface area (Å²) in [7, 11) is 2.03. The summed E-state index contributed by atoms with van der Waals surface area (Å²) in [6.45, 7) is 7.92. The van der Waals surface area contributed by atoms with Crippen LogP contribution in [0, 0.1) is 24.2 Å². The lowest BCUT2D eigenvalue weighted by atomic mass is 10.1. The van der Waals surface area contributed by atoms with Crippen molar-refractivity contribution in [2.75, 3.05) is 45.6 Å². The highest BCUT2D eigenvalue weighted by atomic mass is 127. The number of nitriles is 1. The SMILES string of the molecule is CCNC(=NCCCc1nn(-c2ccc(C)cc2)c(N)c1C#N)N(C)CCOCC1CC1.I. The van der Waals surface area contributed by atoms with Gasteiger partial charge in [-0.2, -0.15) is 10.4 Å². The van der Waals surface area contributed by atoms with Gasteiger partial charge in [0.05, 0.1) is 18.0 Å². The van der Waals surface area contributed by atoms with Crippen LogP contribution in [0.1, 0.15) is 43.0 Å². The number of halogens is 1. The standard InChI is InChI=1S/C24H35N7O.HI/c1-4-27-24(30(3)14-15-32-17-19-9-10-19)28-13-5-6-22-21(16-25)23(26)31(29-22)20-11-7-18(2)8-12-20;/h7-8,11-12,19H,4-6,9-10,13-15,17,26H2,1-3H3,(H,27,28);1H. The van der Waals surface area contributed by atoms with E-state index in [1.165, 1.54) is 12.8 Å². The smallest absolute Gasteiger partial charge is 0.193 e. The van der Waals surface area contributed by atoms with Gasteiger partial charge in [0.2, 0.25) is 0 Å². The zero-order valence-corrected chi connectivity index (χ0v) is 22.2. The molecular formula is C24H36IN7O. The molecule has 33 heavy (non-hydrogen) atoms. The Morgan fingerprint density at radius 1 is 1.36 bits per heavy atom. The van der Waals surface area contributed by atoms with Crippen LogP contribution < -0.4 is 11.1 Å². The van der Waals surface area contributed by atoms with Crippen LogP contribution in [0.5, 0.6) is 0 Å². The Bertz CT molecular complexity index is 945. The first kappa shape index (κ1) is 26.9.